The van der Waals surface area contributed by atoms with Crippen molar-refractivity contribution in [3.8, 4) is 5.69 Å². The number of benzene rings is 3. The molecule has 0 amide bonds. The molecule has 0 radical (unpaired) electrons. The Balaban J connectivity index is 2.04. The van der Waals surface area contributed by atoms with Crippen LogP contribution in [0.3, 0.4) is 0 Å². The molecule has 0 fully saturated rings. The third-order valence-corrected chi connectivity index (χ3v) is 5.14. The molecular formula is C23H23N3O2. The van der Waals surface area contributed by atoms with Crippen LogP contribution < -0.4 is 9.80 Å². The maximum absolute atomic E-state index is 11.2. The van der Waals surface area contributed by atoms with Gasteiger partial charge in [0.25, 0.3) is 0 Å². The number of hydrogen-bond donors (Lipinski definition) is 1. The molecule has 5 nitrogen and oxygen atoms in total. The number of carboxylic acids is 1. The van der Waals surface area contributed by atoms with Gasteiger partial charge in [-0.2, -0.15) is 0 Å². The van der Waals surface area contributed by atoms with Crippen molar-refractivity contribution in [1.29, 1.82) is 0 Å². The highest BCUT2D eigenvalue weighted by molar-refractivity contribution is 6.11. The Morgan fingerprint density at radius 1 is 0.750 bits per heavy atom. The maximum Gasteiger partial charge on any atom is 0.335 e. The number of nitrogens with zero attached hydrogens (tertiary/aromatic N) is 3. The van der Waals surface area contributed by atoms with E-state index in [9.17, 15) is 9.90 Å². The summed E-state index contributed by atoms with van der Waals surface area (Å²) in [7, 11) is 8.15. The standard InChI is InChI=1S/C23H23N3O2/c1-24(2)17-9-11-21-19(13-17)20-14-18(25(3)4)10-12-22(20)26(21)16-7-5-15(6-8-16)23(27)28/h5-14H,1-4H3,(H,27,28). The van der Waals surface area contributed by atoms with Crippen molar-refractivity contribution >= 4 is 39.1 Å². The Hall–Kier alpha value is -3.47. The Kier molecular flexibility index (Phi) is 4.23. The molecule has 1 aromatic heterocycles. The Bertz CT molecular complexity index is 1120. The number of carboxylic acid groups (broad SMARTS) is 1. The minimum Gasteiger partial charge on any atom is -0.478 e. The molecule has 0 saturated heterocycles. The van der Waals surface area contributed by atoms with Gasteiger partial charge >= 0.3 is 5.97 Å². The molecule has 1 N–H and O–H groups in total. The normalized spacial score (nSPS) is 11.1. The van der Waals surface area contributed by atoms with Crippen molar-refractivity contribution in [3.63, 3.8) is 0 Å². The molecule has 4 rings (SSSR count). The molecule has 142 valence electrons. The number of anilines is 2. The van der Waals surface area contributed by atoms with E-state index in [0.717, 1.165) is 28.1 Å². The molecule has 0 spiro atoms. The Labute approximate surface area is 164 Å². The maximum atomic E-state index is 11.2. The minimum atomic E-state index is -0.917. The molecule has 28 heavy (non-hydrogen) atoms. The SMILES string of the molecule is CN(C)c1ccc2c(c1)c1cc(N(C)C)ccc1n2-c1ccc(C(=O)O)cc1. The van der Waals surface area contributed by atoms with E-state index in [1.54, 1.807) is 12.1 Å². The van der Waals surface area contributed by atoms with Gasteiger partial charge < -0.3 is 19.5 Å². The topological polar surface area (TPSA) is 48.7 Å². The van der Waals surface area contributed by atoms with Gasteiger partial charge in [0.05, 0.1) is 16.6 Å². The van der Waals surface area contributed by atoms with Gasteiger partial charge in [-0.05, 0) is 60.7 Å². The van der Waals surface area contributed by atoms with Crippen LogP contribution in [0.2, 0.25) is 0 Å². The number of hydrogen-bond acceptors (Lipinski definition) is 3. The molecule has 0 aliphatic rings. The van der Waals surface area contributed by atoms with E-state index in [1.165, 1.54) is 10.8 Å². The first-order chi connectivity index (χ1) is 13.4. The summed E-state index contributed by atoms with van der Waals surface area (Å²) < 4.78 is 2.19. The summed E-state index contributed by atoms with van der Waals surface area (Å²) in [5, 5.41) is 11.5. The van der Waals surface area contributed by atoms with E-state index in [1.807, 2.05) is 40.3 Å². The number of fused-ring (bicyclic) bond motifs is 3. The fraction of sp³-hybridized carbons (Fsp3) is 0.174. The highest BCUT2D eigenvalue weighted by Crippen LogP contribution is 2.36. The summed E-state index contributed by atoms with van der Waals surface area (Å²) in [4.78, 5) is 15.4. The van der Waals surface area contributed by atoms with Gasteiger partial charge in [0.2, 0.25) is 0 Å². The lowest BCUT2D eigenvalue weighted by Crippen LogP contribution is -2.08. The van der Waals surface area contributed by atoms with Crippen molar-refractivity contribution < 1.29 is 9.90 Å². The van der Waals surface area contributed by atoms with Gasteiger partial charge in [-0.3, -0.25) is 0 Å². The van der Waals surface area contributed by atoms with Crippen LogP contribution in [0.25, 0.3) is 27.5 Å². The van der Waals surface area contributed by atoms with Gasteiger partial charge in [-0.25, -0.2) is 4.79 Å². The van der Waals surface area contributed by atoms with Crippen LogP contribution in [0.1, 0.15) is 10.4 Å². The quantitative estimate of drug-likeness (QED) is 0.567. The molecule has 0 aliphatic heterocycles. The number of carbonyl (C=O) groups is 1. The molecule has 3 aromatic carbocycles. The summed E-state index contributed by atoms with van der Waals surface area (Å²) in [5.74, 6) is -0.917. The summed E-state index contributed by atoms with van der Waals surface area (Å²) in [6.45, 7) is 0. The van der Waals surface area contributed by atoms with Crippen LogP contribution >= 0.6 is 0 Å². The van der Waals surface area contributed by atoms with Crippen molar-refractivity contribution in [3.05, 3.63) is 66.2 Å². The summed E-state index contributed by atoms with van der Waals surface area (Å²) >= 11 is 0. The molecule has 4 aromatic rings. The molecule has 1 heterocycles. The van der Waals surface area contributed by atoms with E-state index in [0.29, 0.717) is 0 Å². The number of aromatic carboxylic acids is 1. The lowest BCUT2D eigenvalue weighted by atomic mass is 10.1. The largest absolute Gasteiger partial charge is 0.478 e. The lowest BCUT2D eigenvalue weighted by molar-refractivity contribution is 0.0697. The van der Waals surface area contributed by atoms with Crippen LogP contribution in [0.4, 0.5) is 11.4 Å². The molecule has 0 unspecified atom stereocenters. The zero-order chi connectivity index (χ0) is 20.0. The molecule has 0 saturated carbocycles. The first-order valence-electron chi connectivity index (χ1n) is 9.13. The monoisotopic (exact) mass is 373 g/mol. The molecule has 0 atom stereocenters. The van der Waals surface area contributed by atoms with E-state index in [2.05, 4.69) is 50.8 Å². The minimum absolute atomic E-state index is 0.286. The van der Waals surface area contributed by atoms with E-state index >= 15 is 0 Å². The van der Waals surface area contributed by atoms with E-state index in [4.69, 9.17) is 0 Å². The lowest BCUT2D eigenvalue weighted by Gasteiger charge is -2.13. The van der Waals surface area contributed by atoms with Gasteiger partial charge in [0, 0.05) is 56.0 Å². The zero-order valence-electron chi connectivity index (χ0n) is 16.5. The second kappa shape index (κ2) is 6.60. The third kappa shape index (κ3) is 2.85. The van der Waals surface area contributed by atoms with Crippen molar-refractivity contribution in [2.75, 3.05) is 38.0 Å². The van der Waals surface area contributed by atoms with Crippen LogP contribution in [0.15, 0.2) is 60.7 Å². The first kappa shape index (κ1) is 17.9. The van der Waals surface area contributed by atoms with Gasteiger partial charge in [-0.1, -0.05) is 0 Å². The molecule has 0 aliphatic carbocycles. The second-order valence-corrected chi connectivity index (χ2v) is 7.38. The third-order valence-electron chi connectivity index (χ3n) is 5.14. The van der Waals surface area contributed by atoms with Crippen molar-refractivity contribution in [2.45, 2.75) is 0 Å². The second-order valence-electron chi connectivity index (χ2n) is 7.38. The Morgan fingerprint density at radius 2 is 1.21 bits per heavy atom. The van der Waals surface area contributed by atoms with Crippen LogP contribution in [0, 0.1) is 0 Å². The fourth-order valence-electron chi connectivity index (χ4n) is 3.59. The van der Waals surface area contributed by atoms with Gasteiger partial charge in [0.1, 0.15) is 0 Å². The van der Waals surface area contributed by atoms with Crippen molar-refractivity contribution in [2.24, 2.45) is 0 Å². The van der Waals surface area contributed by atoms with Crippen LogP contribution in [-0.2, 0) is 0 Å². The zero-order valence-corrected chi connectivity index (χ0v) is 16.5. The van der Waals surface area contributed by atoms with E-state index < -0.39 is 5.97 Å². The van der Waals surface area contributed by atoms with Gasteiger partial charge in [-0.15, -0.1) is 0 Å². The summed E-state index contributed by atoms with van der Waals surface area (Å²) in [6, 6.07) is 19.9. The fourth-order valence-corrected chi connectivity index (χ4v) is 3.59. The Morgan fingerprint density at radius 3 is 1.61 bits per heavy atom. The number of rotatable bonds is 4. The van der Waals surface area contributed by atoms with E-state index in [-0.39, 0.29) is 5.56 Å². The highest BCUT2D eigenvalue weighted by Gasteiger charge is 2.15. The molecule has 5 heteroatoms. The van der Waals surface area contributed by atoms with Gasteiger partial charge in [0.15, 0.2) is 0 Å². The van der Waals surface area contributed by atoms with Crippen LogP contribution in [-0.4, -0.2) is 43.8 Å². The predicted molar refractivity (Wildman–Crippen MR) is 116 cm³/mol. The summed E-state index contributed by atoms with van der Waals surface area (Å²) in [6.07, 6.45) is 0. The average Bonchev–Trinajstić information content (AvgIpc) is 3.00. The highest BCUT2D eigenvalue weighted by atomic mass is 16.4. The van der Waals surface area contributed by atoms with Crippen molar-refractivity contribution in [1.82, 2.24) is 4.57 Å². The smallest absolute Gasteiger partial charge is 0.335 e. The molecule has 0 bridgehead atoms. The summed E-state index contributed by atoms with van der Waals surface area (Å²) in [5.41, 5.74) is 5.71. The predicted octanol–water partition coefficient (Wildman–Crippen LogP) is 4.61. The number of aromatic nitrogens is 1. The average molecular weight is 373 g/mol. The molecular weight excluding hydrogens is 350 g/mol. The van der Waals surface area contributed by atoms with Crippen LogP contribution in [0.5, 0.6) is 0 Å². The first-order valence-corrected chi connectivity index (χ1v) is 9.13.